The highest BCUT2D eigenvalue weighted by molar-refractivity contribution is 7.10. The number of carbonyl (C=O) groups is 1. The number of nitrogens with one attached hydrogen (secondary N) is 1. The largest absolute Gasteiger partial charge is 0.462 e. The molecule has 0 radical (unpaired) electrons. The number of hydrogen-bond acceptors (Lipinski definition) is 6. The quantitative estimate of drug-likeness (QED) is 0.502. The number of benzene rings is 1. The second-order valence-corrected chi connectivity index (χ2v) is 9.35. The SMILES string of the molecule is CC1=C(C(=O)Nc2ccccc2)C(c2cccs2)n2c(s/c(=C\c3ccc(C)o3)c2=O)=N1. The minimum atomic E-state index is -0.546. The minimum Gasteiger partial charge on any atom is -0.462 e. The van der Waals surface area contributed by atoms with Crippen LogP contribution in [0.4, 0.5) is 5.69 Å². The van der Waals surface area contributed by atoms with Crippen molar-refractivity contribution in [3.05, 3.63) is 107 Å². The molecule has 1 atom stereocenters. The molecule has 3 aromatic heterocycles. The smallest absolute Gasteiger partial charge is 0.271 e. The third kappa shape index (κ3) is 3.68. The molecule has 8 heteroatoms. The normalized spacial score (nSPS) is 16.1. The molecular weight excluding hydrogens is 442 g/mol. The number of fused-ring (bicyclic) bond motifs is 1. The number of thiazole rings is 1. The van der Waals surface area contributed by atoms with Gasteiger partial charge in [-0.25, -0.2) is 4.99 Å². The van der Waals surface area contributed by atoms with Gasteiger partial charge in [-0.1, -0.05) is 35.6 Å². The molecule has 1 aromatic carbocycles. The molecule has 1 N–H and O–H groups in total. The summed E-state index contributed by atoms with van der Waals surface area (Å²) in [6.07, 6.45) is 1.73. The second kappa shape index (κ2) is 8.22. The predicted molar refractivity (Wildman–Crippen MR) is 127 cm³/mol. The Morgan fingerprint density at radius 1 is 1.12 bits per heavy atom. The van der Waals surface area contributed by atoms with E-state index in [1.165, 1.54) is 22.7 Å². The summed E-state index contributed by atoms with van der Waals surface area (Å²) in [6.45, 7) is 3.67. The van der Waals surface area contributed by atoms with Gasteiger partial charge in [-0.05, 0) is 49.6 Å². The molecule has 1 unspecified atom stereocenters. The Kier molecular flexibility index (Phi) is 5.24. The second-order valence-electron chi connectivity index (χ2n) is 7.37. The highest BCUT2D eigenvalue weighted by Crippen LogP contribution is 2.33. The van der Waals surface area contributed by atoms with Gasteiger partial charge in [-0.2, -0.15) is 0 Å². The zero-order valence-corrected chi connectivity index (χ0v) is 19.0. The van der Waals surface area contributed by atoms with Crippen LogP contribution in [-0.4, -0.2) is 10.5 Å². The van der Waals surface area contributed by atoms with Gasteiger partial charge in [-0.3, -0.25) is 14.2 Å². The van der Waals surface area contributed by atoms with Crippen LogP contribution in [0.1, 0.15) is 29.4 Å². The number of furan rings is 1. The number of allylic oxidation sites excluding steroid dienone is 1. The van der Waals surface area contributed by atoms with Gasteiger partial charge in [0.1, 0.15) is 17.6 Å². The molecule has 0 saturated carbocycles. The highest BCUT2D eigenvalue weighted by atomic mass is 32.1. The van der Waals surface area contributed by atoms with Crippen molar-refractivity contribution in [3.8, 4) is 0 Å². The Balaban J connectivity index is 1.65. The highest BCUT2D eigenvalue weighted by Gasteiger charge is 2.33. The van der Waals surface area contributed by atoms with Crippen molar-refractivity contribution in [1.82, 2.24) is 4.57 Å². The monoisotopic (exact) mass is 461 g/mol. The Hall–Kier alpha value is -3.49. The first-order valence-corrected chi connectivity index (χ1v) is 11.7. The van der Waals surface area contributed by atoms with E-state index in [-0.39, 0.29) is 11.5 Å². The molecular formula is C24H19N3O3S2. The lowest BCUT2D eigenvalue weighted by Crippen LogP contribution is -2.40. The fourth-order valence-corrected chi connectivity index (χ4v) is 5.56. The van der Waals surface area contributed by atoms with Gasteiger partial charge >= 0.3 is 0 Å². The summed E-state index contributed by atoms with van der Waals surface area (Å²) >= 11 is 2.80. The molecule has 5 rings (SSSR count). The van der Waals surface area contributed by atoms with Crippen molar-refractivity contribution in [3.63, 3.8) is 0 Å². The van der Waals surface area contributed by atoms with Gasteiger partial charge in [0.05, 0.1) is 15.8 Å². The molecule has 1 aliphatic heterocycles. The van der Waals surface area contributed by atoms with Gasteiger partial charge in [0.25, 0.3) is 11.5 Å². The molecule has 0 spiro atoms. The molecule has 0 aliphatic carbocycles. The van der Waals surface area contributed by atoms with E-state index in [0.717, 1.165) is 10.6 Å². The van der Waals surface area contributed by atoms with E-state index in [1.807, 2.05) is 73.8 Å². The fraction of sp³-hybridized carbons (Fsp3) is 0.125. The molecule has 6 nitrogen and oxygen atoms in total. The zero-order valence-electron chi connectivity index (χ0n) is 17.4. The van der Waals surface area contributed by atoms with Gasteiger partial charge in [0.2, 0.25) is 0 Å². The van der Waals surface area contributed by atoms with Crippen LogP contribution in [0.2, 0.25) is 0 Å². The lowest BCUT2D eigenvalue weighted by Gasteiger charge is -2.24. The summed E-state index contributed by atoms with van der Waals surface area (Å²) in [5.74, 6) is 1.11. The lowest BCUT2D eigenvalue weighted by atomic mass is 10.0. The number of aromatic nitrogens is 1. The lowest BCUT2D eigenvalue weighted by molar-refractivity contribution is -0.113. The van der Waals surface area contributed by atoms with Crippen LogP contribution in [0.5, 0.6) is 0 Å². The molecule has 4 aromatic rings. The summed E-state index contributed by atoms with van der Waals surface area (Å²) in [6, 6.07) is 16.3. The van der Waals surface area contributed by atoms with Gasteiger partial charge in [0, 0.05) is 16.6 Å². The first-order chi connectivity index (χ1) is 15.5. The Morgan fingerprint density at radius 3 is 2.62 bits per heavy atom. The number of nitrogens with zero attached hydrogens (tertiary/aromatic N) is 2. The third-order valence-corrected chi connectivity index (χ3v) is 7.05. The maximum Gasteiger partial charge on any atom is 0.271 e. The Labute approximate surface area is 191 Å². The molecule has 160 valence electrons. The first-order valence-electron chi connectivity index (χ1n) is 10.00. The molecule has 32 heavy (non-hydrogen) atoms. The van der Waals surface area contributed by atoms with E-state index in [2.05, 4.69) is 10.3 Å². The van der Waals surface area contributed by atoms with Gasteiger partial charge < -0.3 is 9.73 Å². The minimum absolute atomic E-state index is 0.196. The molecule has 1 amide bonds. The average molecular weight is 462 g/mol. The van der Waals surface area contributed by atoms with Crippen LogP contribution in [0.25, 0.3) is 6.08 Å². The number of hydrogen-bond donors (Lipinski definition) is 1. The molecule has 1 aliphatic rings. The van der Waals surface area contributed by atoms with E-state index in [4.69, 9.17) is 4.42 Å². The van der Waals surface area contributed by atoms with Crippen LogP contribution in [0, 0.1) is 6.92 Å². The van der Waals surface area contributed by atoms with Crippen molar-refractivity contribution in [2.24, 2.45) is 4.99 Å². The number of thiophene rings is 1. The predicted octanol–water partition coefficient (Wildman–Crippen LogP) is 3.84. The van der Waals surface area contributed by atoms with Gasteiger partial charge in [0.15, 0.2) is 4.80 Å². The van der Waals surface area contributed by atoms with Crippen LogP contribution in [0.3, 0.4) is 0 Å². The van der Waals surface area contributed by atoms with Crippen molar-refractivity contribution in [2.45, 2.75) is 19.9 Å². The number of rotatable bonds is 4. The number of anilines is 1. The first kappa shape index (κ1) is 20.4. The topological polar surface area (TPSA) is 76.6 Å². The van der Waals surface area contributed by atoms with Crippen molar-refractivity contribution < 1.29 is 9.21 Å². The van der Waals surface area contributed by atoms with E-state index >= 15 is 0 Å². The zero-order chi connectivity index (χ0) is 22.2. The van der Waals surface area contributed by atoms with E-state index < -0.39 is 6.04 Å². The number of aryl methyl sites for hydroxylation is 1. The van der Waals surface area contributed by atoms with Crippen molar-refractivity contribution >= 4 is 40.3 Å². The van der Waals surface area contributed by atoms with Crippen LogP contribution >= 0.6 is 22.7 Å². The van der Waals surface area contributed by atoms with Gasteiger partial charge in [-0.15, -0.1) is 11.3 Å². The molecule has 0 saturated heterocycles. The Bertz CT molecular complexity index is 1510. The summed E-state index contributed by atoms with van der Waals surface area (Å²) in [5, 5.41) is 4.89. The van der Waals surface area contributed by atoms with Crippen LogP contribution in [-0.2, 0) is 4.79 Å². The molecule has 0 bridgehead atoms. The number of amides is 1. The fourth-order valence-electron chi connectivity index (χ4n) is 3.71. The maximum absolute atomic E-state index is 13.5. The van der Waals surface area contributed by atoms with E-state index in [9.17, 15) is 9.59 Å². The number of para-hydroxylation sites is 1. The summed E-state index contributed by atoms with van der Waals surface area (Å²) in [5.41, 5.74) is 1.55. The maximum atomic E-state index is 13.5. The summed E-state index contributed by atoms with van der Waals surface area (Å²) in [7, 11) is 0. The van der Waals surface area contributed by atoms with E-state index in [0.29, 0.717) is 32.1 Å². The third-order valence-electron chi connectivity index (χ3n) is 5.15. The standard InChI is InChI=1S/C24H19N3O3S2/c1-14-10-11-17(30-14)13-19-23(29)27-21(18-9-6-12-31-18)20(15(2)25-24(27)32-19)22(28)26-16-7-4-3-5-8-16/h3-13,21H,1-2H3,(H,26,28)/b19-13-. The number of carbonyl (C=O) groups excluding carboxylic acids is 1. The summed E-state index contributed by atoms with van der Waals surface area (Å²) in [4.78, 5) is 32.9. The average Bonchev–Trinajstić information content (AvgIpc) is 3.50. The molecule has 0 fully saturated rings. The van der Waals surface area contributed by atoms with E-state index in [1.54, 1.807) is 10.6 Å². The van der Waals surface area contributed by atoms with Crippen molar-refractivity contribution in [2.75, 3.05) is 5.32 Å². The molecule has 4 heterocycles. The summed E-state index contributed by atoms with van der Waals surface area (Å²) < 4.78 is 7.75. The van der Waals surface area contributed by atoms with Crippen LogP contribution in [0.15, 0.2) is 85.5 Å². The van der Waals surface area contributed by atoms with Crippen molar-refractivity contribution in [1.29, 1.82) is 0 Å². The van der Waals surface area contributed by atoms with Crippen LogP contribution < -0.4 is 20.2 Å². The Morgan fingerprint density at radius 2 is 1.94 bits per heavy atom.